The number of ether oxygens (including phenoxy) is 1. The number of esters is 1. The number of nitrogens with one attached hydrogen (secondary N) is 1. The Morgan fingerprint density at radius 1 is 1.03 bits per heavy atom. The van der Waals surface area contributed by atoms with Crippen molar-refractivity contribution in [2.45, 2.75) is 53.9 Å². The lowest BCUT2D eigenvalue weighted by Crippen LogP contribution is -2.10. The summed E-state index contributed by atoms with van der Waals surface area (Å²) in [7, 11) is 4.31. The Kier molecular flexibility index (Phi) is 13.3. The van der Waals surface area contributed by atoms with Crippen LogP contribution in [0.1, 0.15) is 48.9 Å². The van der Waals surface area contributed by atoms with E-state index in [-0.39, 0.29) is 12.4 Å². The van der Waals surface area contributed by atoms with Crippen molar-refractivity contribution in [3.63, 3.8) is 0 Å². The molecule has 0 unspecified atom stereocenters. The average molecular weight is 466 g/mol. The van der Waals surface area contributed by atoms with Crippen molar-refractivity contribution in [2.24, 2.45) is 0 Å². The number of rotatable bonds is 5. The van der Waals surface area contributed by atoms with Crippen LogP contribution in [0.3, 0.4) is 0 Å². The Bertz CT molecular complexity index is 769. The molecule has 0 fully saturated rings. The number of halogens is 1. The smallest absolute Gasteiger partial charge is 0.310 e. The van der Waals surface area contributed by atoms with Crippen LogP contribution in [-0.2, 0) is 16.0 Å². The molecule has 0 spiro atoms. The molecule has 0 aromatic heterocycles. The van der Waals surface area contributed by atoms with E-state index in [1.165, 1.54) is 25.5 Å². The van der Waals surface area contributed by atoms with Crippen LogP contribution in [0.5, 0.6) is 0 Å². The highest BCUT2D eigenvalue weighted by Crippen LogP contribution is 2.40. The minimum Gasteiger partial charge on any atom is -0.469 e. The summed E-state index contributed by atoms with van der Waals surface area (Å²) in [5, 5.41) is 10.2. The molecule has 0 aliphatic carbocycles. The van der Waals surface area contributed by atoms with E-state index in [1.807, 2.05) is 14.0 Å². The van der Waals surface area contributed by atoms with Gasteiger partial charge in [0.2, 0.25) is 0 Å². The molecule has 0 aliphatic rings. The van der Waals surface area contributed by atoms with Crippen molar-refractivity contribution in [1.82, 2.24) is 0 Å². The number of aliphatic hydroxyl groups excluding tert-OH is 1. The average Bonchev–Trinajstić information content (AvgIpc) is 2.75. The van der Waals surface area contributed by atoms with Crippen molar-refractivity contribution in [2.75, 3.05) is 26.6 Å². The number of hydrogen-bond acceptors (Lipinski definition) is 4. The molecule has 2 rings (SSSR count). The maximum absolute atomic E-state index is 11.9. The van der Waals surface area contributed by atoms with Gasteiger partial charge in [0.1, 0.15) is 0 Å². The SMILES string of the molecule is CCCC.CNc1c(C)c(CC(=O)OC)c(-c2ccc(C)cc2)c(C)c1Br.CO. The molecule has 0 saturated carbocycles. The molecular formula is C24H36BrNO3. The maximum atomic E-state index is 11.9. The van der Waals surface area contributed by atoms with E-state index in [0.717, 1.165) is 45.1 Å². The molecular weight excluding hydrogens is 430 g/mol. The van der Waals surface area contributed by atoms with Gasteiger partial charge in [-0.15, -0.1) is 0 Å². The Balaban J connectivity index is 0.00000116. The molecule has 29 heavy (non-hydrogen) atoms. The zero-order chi connectivity index (χ0) is 22.6. The number of benzene rings is 2. The number of hydrogen-bond donors (Lipinski definition) is 2. The van der Waals surface area contributed by atoms with Gasteiger partial charge >= 0.3 is 5.97 Å². The lowest BCUT2D eigenvalue weighted by atomic mass is 9.88. The van der Waals surface area contributed by atoms with E-state index >= 15 is 0 Å². The first-order valence-electron chi connectivity index (χ1n) is 9.90. The Morgan fingerprint density at radius 2 is 1.55 bits per heavy atom. The number of aliphatic hydroxyl groups is 1. The predicted octanol–water partition coefficient (Wildman–Crippen LogP) is 6.21. The number of carbonyl (C=O) groups is 1. The molecule has 4 nitrogen and oxygen atoms in total. The van der Waals surface area contributed by atoms with E-state index in [4.69, 9.17) is 9.84 Å². The van der Waals surface area contributed by atoms with Crippen LogP contribution >= 0.6 is 15.9 Å². The summed E-state index contributed by atoms with van der Waals surface area (Å²) < 4.78 is 5.92. The van der Waals surface area contributed by atoms with Crippen molar-refractivity contribution >= 4 is 27.6 Å². The highest BCUT2D eigenvalue weighted by atomic mass is 79.9. The molecule has 2 N–H and O–H groups in total. The van der Waals surface area contributed by atoms with E-state index in [0.29, 0.717) is 0 Å². The van der Waals surface area contributed by atoms with Gasteiger partial charge in [0.15, 0.2) is 0 Å². The maximum Gasteiger partial charge on any atom is 0.310 e. The fourth-order valence-electron chi connectivity index (χ4n) is 2.87. The largest absolute Gasteiger partial charge is 0.469 e. The molecule has 0 bridgehead atoms. The number of aryl methyl sites for hydroxylation is 1. The summed E-state index contributed by atoms with van der Waals surface area (Å²) in [5.74, 6) is -0.231. The normalized spacial score (nSPS) is 9.59. The molecule has 0 radical (unpaired) electrons. The van der Waals surface area contributed by atoms with Crippen LogP contribution < -0.4 is 5.32 Å². The van der Waals surface area contributed by atoms with Gasteiger partial charge in [-0.2, -0.15) is 0 Å². The third-order valence-corrected chi connectivity index (χ3v) is 5.68. The van der Waals surface area contributed by atoms with Gasteiger partial charge in [-0.05, 0) is 64.5 Å². The summed E-state index contributed by atoms with van der Waals surface area (Å²) in [5.41, 5.74) is 7.61. The molecule has 2 aromatic carbocycles. The summed E-state index contributed by atoms with van der Waals surface area (Å²) in [6.07, 6.45) is 2.90. The van der Waals surface area contributed by atoms with Crippen LogP contribution in [0, 0.1) is 20.8 Å². The molecule has 2 aromatic rings. The summed E-state index contributed by atoms with van der Waals surface area (Å²) in [6.45, 7) is 10.5. The van der Waals surface area contributed by atoms with Gasteiger partial charge in [0, 0.05) is 18.6 Å². The number of carbonyl (C=O) groups excluding carboxylic acids is 1. The van der Waals surface area contributed by atoms with Gasteiger partial charge in [0.05, 0.1) is 19.2 Å². The Hall–Kier alpha value is -1.85. The summed E-state index contributed by atoms with van der Waals surface area (Å²) >= 11 is 3.69. The molecule has 0 heterocycles. The fraction of sp³-hybridized carbons (Fsp3) is 0.458. The van der Waals surface area contributed by atoms with Crippen molar-refractivity contribution in [3.8, 4) is 11.1 Å². The monoisotopic (exact) mass is 465 g/mol. The zero-order valence-corrected chi connectivity index (χ0v) is 20.7. The third kappa shape index (κ3) is 7.48. The van der Waals surface area contributed by atoms with Gasteiger partial charge in [-0.1, -0.05) is 56.5 Å². The van der Waals surface area contributed by atoms with Crippen molar-refractivity contribution in [1.29, 1.82) is 0 Å². The van der Waals surface area contributed by atoms with Gasteiger partial charge in [-0.25, -0.2) is 0 Å². The molecule has 0 amide bonds. The zero-order valence-electron chi connectivity index (χ0n) is 19.1. The van der Waals surface area contributed by atoms with Crippen LogP contribution in [0.4, 0.5) is 5.69 Å². The predicted molar refractivity (Wildman–Crippen MR) is 128 cm³/mol. The van der Waals surface area contributed by atoms with E-state index in [9.17, 15) is 4.79 Å². The van der Waals surface area contributed by atoms with Gasteiger partial charge in [-0.3, -0.25) is 4.79 Å². The second kappa shape index (κ2) is 14.2. The first-order valence-corrected chi connectivity index (χ1v) is 10.7. The van der Waals surface area contributed by atoms with Gasteiger partial charge in [0.25, 0.3) is 0 Å². The third-order valence-electron chi connectivity index (χ3n) is 4.69. The van der Waals surface area contributed by atoms with Crippen LogP contribution in [0.2, 0.25) is 0 Å². The second-order valence-electron chi connectivity index (χ2n) is 6.66. The number of unbranched alkanes of at least 4 members (excludes halogenated alkanes) is 1. The topological polar surface area (TPSA) is 58.6 Å². The molecule has 0 atom stereocenters. The lowest BCUT2D eigenvalue weighted by molar-refractivity contribution is -0.139. The summed E-state index contributed by atoms with van der Waals surface area (Å²) in [4.78, 5) is 11.9. The van der Waals surface area contributed by atoms with Crippen molar-refractivity contribution < 1.29 is 14.6 Å². The highest BCUT2D eigenvalue weighted by Gasteiger charge is 2.20. The highest BCUT2D eigenvalue weighted by molar-refractivity contribution is 9.10. The number of methoxy groups -OCH3 is 1. The standard InChI is InChI=1S/C19H22BrNO2.C4H10.CH4O/c1-11-6-8-14(9-7-11)17-13(3)18(20)19(21-4)12(2)15(17)10-16(22)23-5;1-3-4-2;1-2/h6-9,21H,10H2,1-5H3;3-4H2,1-2H3;2H,1H3. The quantitative estimate of drug-likeness (QED) is 0.514. The minimum absolute atomic E-state index is 0.231. The van der Waals surface area contributed by atoms with E-state index < -0.39 is 0 Å². The van der Waals surface area contributed by atoms with Crippen LogP contribution in [0.25, 0.3) is 11.1 Å². The van der Waals surface area contributed by atoms with E-state index in [1.54, 1.807) is 0 Å². The van der Waals surface area contributed by atoms with Crippen LogP contribution in [-0.4, -0.2) is 32.3 Å². The summed E-state index contributed by atoms with van der Waals surface area (Å²) in [6, 6.07) is 8.38. The van der Waals surface area contributed by atoms with E-state index in [2.05, 4.69) is 73.2 Å². The second-order valence-corrected chi connectivity index (χ2v) is 7.45. The van der Waals surface area contributed by atoms with Gasteiger partial charge < -0.3 is 15.2 Å². The molecule has 0 saturated heterocycles. The first-order chi connectivity index (χ1) is 13.8. The number of anilines is 1. The van der Waals surface area contributed by atoms with Crippen LogP contribution in [0.15, 0.2) is 28.7 Å². The minimum atomic E-state index is -0.231. The Morgan fingerprint density at radius 3 is 1.97 bits per heavy atom. The fourth-order valence-corrected chi connectivity index (χ4v) is 3.57. The lowest BCUT2D eigenvalue weighted by Gasteiger charge is -2.21. The van der Waals surface area contributed by atoms with Crippen molar-refractivity contribution in [3.05, 3.63) is 51.0 Å². The molecule has 0 aliphatic heterocycles. The first kappa shape index (κ1) is 27.2. The molecule has 5 heteroatoms. The molecule has 162 valence electrons. The Labute approximate surface area is 184 Å².